The van der Waals surface area contributed by atoms with Crippen LogP contribution in [-0.4, -0.2) is 35.7 Å². The van der Waals surface area contributed by atoms with Crippen molar-refractivity contribution in [2.75, 3.05) is 36.2 Å². The van der Waals surface area contributed by atoms with E-state index in [-0.39, 0.29) is 24.0 Å². The number of para-hydroxylation sites is 1. The number of amides is 1. The number of nitrogens with one attached hydrogen (secondary N) is 2. The summed E-state index contributed by atoms with van der Waals surface area (Å²) in [6.45, 7) is 1.25. The van der Waals surface area contributed by atoms with E-state index >= 15 is 0 Å². The molecule has 0 spiro atoms. The van der Waals surface area contributed by atoms with Crippen molar-refractivity contribution < 1.29 is 9.53 Å². The largest absolute Gasteiger partial charge is 0.383 e. The van der Waals surface area contributed by atoms with Gasteiger partial charge < -0.3 is 20.7 Å². The Morgan fingerprint density at radius 2 is 1.59 bits per heavy atom. The molecule has 0 aliphatic carbocycles. The normalized spacial score (nSPS) is 10.7. The summed E-state index contributed by atoms with van der Waals surface area (Å²) in [4.78, 5) is 42.2. The van der Waals surface area contributed by atoms with Crippen LogP contribution in [0.15, 0.2) is 94.5 Å². The summed E-state index contributed by atoms with van der Waals surface area (Å²) < 4.78 is 6.60. The quantitative estimate of drug-likeness (QED) is 0.308. The summed E-state index contributed by atoms with van der Waals surface area (Å²) in [5.74, 6) is -0.143. The van der Waals surface area contributed by atoms with Gasteiger partial charge in [0.05, 0.1) is 13.2 Å². The highest BCUT2D eigenvalue weighted by atomic mass is 16.5. The molecule has 0 saturated carbocycles. The Bertz CT molecular complexity index is 1450. The molecule has 9 heteroatoms. The van der Waals surface area contributed by atoms with Crippen molar-refractivity contribution in [2.45, 2.75) is 13.1 Å². The lowest BCUT2D eigenvalue weighted by Gasteiger charge is -2.26. The van der Waals surface area contributed by atoms with E-state index in [1.165, 1.54) is 4.57 Å². The van der Waals surface area contributed by atoms with Crippen molar-refractivity contribution >= 4 is 23.1 Å². The second-order valence-corrected chi connectivity index (χ2v) is 8.50. The van der Waals surface area contributed by atoms with Crippen molar-refractivity contribution in [3.05, 3.63) is 122 Å². The summed E-state index contributed by atoms with van der Waals surface area (Å²) in [7, 11) is 1.57. The number of H-pyrrole nitrogens is 1. The molecule has 9 nitrogen and oxygen atoms in total. The number of methoxy groups -OCH3 is 1. The summed E-state index contributed by atoms with van der Waals surface area (Å²) >= 11 is 0. The Morgan fingerprint density at radius 3 is 2.24 bits per heavy atom. The summed E-state index contributed by atoms with van der Waals surface area (Å²) in [5.41, 5.74) is 8.40. The number of anilines is 3. The van der Waals surface area contributed by atoms with Crippen LogP contribution in [0.1, 0.15) is 21.5 Å². The highest BCUT2D eigenvalue weighted by Crippen LogP contribution is 2.20. The maximum absolute atomic E-state index is 12.9. The van der Waals surface area contributed by atoms with Crippen LogP contribution < -0.4 is 27.2 Å². The van der Waals surface area contributed by atoms with E-state index in [0.717, 1.165) is 11.1 Å². The van der Waals surface area contributed by atoms with Gasteiger partial charge in [-0.3, -0.25) is 19.1 Å². The van der Waals surface area contributed by atoms with Gasteiger partial charge in [-0.25, -0.2) is 4.79 Å². The van der Waals surface area contributed by atoms with Gasteiger partial charge in [0.2, 0.25) is 0 Å². The van der Waals surface area contributed by atoms with Gasteiger partial charge in [0, 0.05) is 31.5 Å². The van der Waals surface area contributed by atoms with Crippen LogP contribution >= 0.6 is 0 Å². The van der Waals surface area contributed by atoms with Gasteiger partial charge in [-0.15, -0.1) is 0 Å². The van der Waals surface area contributed by atoms with Crippen molar-refractivity contribution in [2.24, 2.45) is 0 Å². The fraction of sp³-hybridized carbons (Fsp3) is 0.179. The molecule has 0 radical (unpaired) electrons. The van der Waals surface area contributed by atoms with Gasteiger partial charge >= 0.3 is 5.69 Å². The Labute approximate surface area is 214 Å². The molecule has 37 heavy (non-hydrogen) atoms. The average molecular weight is 500 g/mol. The zero-order valence-corrected chi connectivity index (χ0v) is 20.5. The number of nitrogens with zero attached hydrogens (tertiary/aromatic N) is 2. The monoisotopic (exact) mass is 499 g/mol. The van der Waals surface area contributed by atoms with E-state index in [1.54, 1.807) is 24.1 Å². The maximum atomic E-state index is 12.9. The summed E-state index contributed by atoms with van der Waals surface area (Å²) in [6.07, 6.45) is 0. The first-order valence-corrected chi connectivity index (χ1v) is 11.8. The minimum Gasteiger partial charge on any atom is -0.383 e. The average Bonchev–Trinajstić information content (AvgIpc) is 2.91. The number of aromatic amines is 1. The number of carbonyl (C=O) groups is 1. The molecular weight excluding hydrogens is 470 g/mol. The smallest absolute Gasteiger partial charge is 0.330 e. The Balaban J connectivity index is 1.59. The number of rotatable bonds is 10. The topological polar surface area (TPSA) is 122 Å². The van der Waals surface area contributed by atoms with E-state index in [2.05, 4.69) is 10.3 Å². The zero-order chi connectivity index (χ0) is 26.2. The lowest BCUT2D eigenvalue weighted by Crippen LogP contribution is -2.39. The third-order valence-corrected chi connectivity index (χ3v) is 5.90. The van der Waals surface area contributed by atoms with E-state index < -0.39 is 11.2 Å². The minimum absolute atomic E-state index is 0.0764. The van der Waals surface area contributed by atoms with Crippen LogP contribution in [-0.2, 0) is 17.8 Å². The fourth-order valence-corrected chi connectivity index (χ4v) is 3.98. The van der Waals surface area contributed by atoms with Crippen LogP contribution in [0.3, 0.4) is 0 Å². The number of aromatic nitrogens is 2. The summed E-state index contributed by atoms with van der Waals surface area (Å²) in [6, 6.07) is 25.7. The Morgan fingerprint density at radius 1 is 0.946 bits per heavy atom. The van der Waals surface area contributed by atoms with Gasteiger partial charge in [-0.2, -0.15) is 0 Å². The van der Waals surface area contributed by atoms with E-state index in [4.69, 9.17) is 10.5 Å². The molecule has 3 aromatic carbocycles. The second-order valence-electron chi connectivity index (χ2n) is 8.50. The predicted molar refractivity (Wildman–Crippen MR) is 145 cm³/mol. The number of hydrogen-bond donors (Lipinski definition) is 3. The summed E-state index contributed by atoms with van der Waals surface area (Å²) in [5, 5.41) is 2.86. The lowest BCUT2D eigenvalue weighted by molar-refractivity contribution is 0.102. The molecule has 1 aromatic heterocycles. The zero-order valence-electron chi connectivity index (χ0n) is 20.5. The number of hydrogen-bond acceptors (Lipinski definition) is 6. The molecule has 0 atom stereocenters. The molecular formula is C28H29N5O4. The molecule has 0 fully saturated rings. The number of ether oxygens (including phenoxy) is 1. The maximum Gasteiger partial charge on any atom is 0.330 e. The lowest BCUT2D eigenvalue weighted by atomic mass is 10.1. The van der Waals surface area contributed by atoms with Gasteiger partial charge in [0.25, 0.3) is 11.5 Å². The van der Waals surface area contributed by atoms with Crippen molar-refractivity contribution in [3.8, 4) is 0 Å². The first kappa shape index (κ1) is 25.5. The third-order valence-electron chi connectivity index (χ3n) is 5.90. The van der Waals surface area contributed by atoms with Crippen LogP contribution in [0.2, 0.25) is 0 Å². The van der Waals surface area contributed by atoms with Gasteiger partial charge in [0.1, 0.15) is 11.5 Å². The Hall–Kier alpha value is -4.63. The van der Waals surface area contributed by atoms with Crippen LogP contribution in [0.25, 0.3) is 0 Å². The molecule has 1 amide bonds. The van der Waals surface area contributed by atoms with Crippen molar-refractivity contribution in [1.29, 1.82) is 0 Å². The number of carbonyl (C=O) groups excluding carboxylic acids is 1. The van der Waals surface area contributed by atoms with Crippen LogP contribution in [0, 0.1) is 0 Å². The first-order valence-electron chi connectivity index (χ1n) is 11.8. The molecule has 0 bridgehead atoms. The van der Waals surface area contributed by atoms with Gasteiger partial charge in [-0.05, 0) is 35.4 Å². The number of nitrogen functional groups attached to an aromatic ring is 1. The second kappa shape index (κ2) is 11.9. The molecule has 4 aromatic rings. The van der Waals surface area contributed by atoms with E-state index in [1.807, 2.05) is 72.8 Å². The molecule has 0 saturated heterocycles. The Kier molecular flexibility index (Phi) is 8.17. The molecule has 0 unspecified atom stereocenters. The number of nitrogens with two attached hydrogens (primary N) is 1. The fourth-order valence-electron chi connectivity index (χ4n) is 3.98. The van der Waals surface area contributed by atoms with Crippen LogP contribution in [0.4, 0.5) is 17.2 Å². The number of benzene rings is 3. The molecule has 4 rings (SSSR count). The van der Waals surface area contributed by atoms with E-state index in [0.29, 0.717) is 30.9 Å². The first-order chi connectivity index (χ1) is 18.0. The third kappa shape index (κ3) is 6.33. The molecule has 4 N–H and O–H groups in total. The predicted octanol–water partition coefficient (Wildman–Crippen LogP) is 3.07. The molecule has 190 valence electrons. The standard InChI is InChI=1S/C28H29N5O4/c1-37-17-16-32(18-21-12-14-22(15-13-21)26(34)30-23-10-6-3-7-11-23)24-25(29)33(28(36)31-27(24)35)19-20-8-4-2-5-9-20/h2-15H,16-19,29H2,1H3,(H,30,34)(H,31,35,36). The van der Waals surface area contributed by atoms with E-state index in [9.17, 15) is 14.4 Å². The molecule has 1 heterocycles. The SMILES string of the molecule is COCCN(Cc1ccc(C(=O)Nc2ccccc2)cc1)c1c(N)n(Cc2ccccc2)c(=O)[nH]c1=O. The van der Waals surface area contributed by atoms with Crippen molar-refractivity contribution in [1.82, 2.24) is 9.55 Å². The van der Waals surface area contributed by atoms with Crippen molar-refractivity contribution in [3.63, 3.8) is 0 Å². The highest BCUT2D eigenvalue weighted by molar-refractivity contribution is 6.04. The van der Waals surface area contributed by atoms with Crippen LogP contribution in [0.5, 0.6) is 0 Å². The highest BCUT2D eigenvalue weighted by Gasteiger charge is 2.20. The molecule has 0 aliphatic heterocycles. The minimum atomic E-state index is -0.574. The molecule has 0 aliphatic rings. The van der Waals surface area contributed by atoms with Gasteiger partial charge in [-0.1, -0.05) is 60.7 Å². The van der Waals surface area contributed by atoms with Gasteiger partial charge in [0.15, 0.2) is 0 Å².